The lowest BCUT2D eigenvalue weighted by Gasteiger charge is -2.46. The summed E-state index contributed by atoms with van der Waals surface area (Å²) in [5.41, 5.74) is 3.27. The molecule has 1 fully saturated rings. The number of rotatable bonds is 4. The van der Waals surface area contributed by atoms with Gasteiger partial charge >= 0.3 is 0 Å². The van der Waals surface area contributed by atoms with Gasteiger partial charge in [-0.3, -0.25) is 9.59 Å². The summed E-state index contributed by atoms with van der Waals surface area (Å²) in [6.45, 7) is 3.64. The lowest BCUT2D eigenvalue weighted by atomic mass is 9.68. The largest absolute Gasteiger partial charge is 0.490 e. The first-order valence-electron chi connectivity index (χ1n) is 16.5. The number of hydrogen-bond acceptors (Lipinski definition) is 7. The Morgan fingerprint density at radius 3 is 2.80 bits per heavy atom. The van der Waals surface area contributed by atoms with Gasteiger partial charge in [0.2, 0.25) is 15.9 Å². The number of ether oxygens (including phenoxy) is 2. The number of hydrogen-bond donors (Lipinski definition) is 2. The van der Waals surface area contributed by atoms with Crippen molar-refractivity contribution >= 4 is 39.1 Å². The second-order valence-electron chi connectivity index (χ2n) is 13.2. The Morgan fingerprint density at radius 1 is 1.20 bits per heavy atom. The van der Waals surface area contributed by atoms with E-state index in [1.165, 1.54) is 11.1 Å². The number of likely N-dealkylation sites (N-methyl/N-ethyl adjacent to an activating group) is 1. The zero-order valence-electron chi connectivity index (χ0n) is 26.6. The van der Waals surface area contributed by atoms with Gasteiger partial charge in [-0.25, -0.2) is 13.1 Å². The summed E-state index contributed by atoms with van der Waals surface area (Å²) >= 11 is 6.42. The fourth-order valence-electron chi connectivity index (χ4n) is 7.72. The number of benzene rings is 2. The molecule has 2 aliphatic carbocycles. The van der Waals surface area contributed by atoms with Crippen molar-refractivity contribution in [3.05, 3.63) is 70.3 Å². The van der Waals surface area contributed by atoms with E-state index in [2.05, 4.69) is 27.1 Å². The molecule has 0 radical (unpaired) electrons. The summed E-state index contributed by atoms with van der Waals surface area (Å²) in [7, 11) is -2.33. The van der Waals surface area contributed by atoms with Gasteiger partial charge in [0, 0.05) is 36.1 Å². The normalized spacial score (nSPS) is 29.6. The van der Waals surface area contributed by atoms with Crippen LogP contribution in [-0.2, 0) is 31.4 Å². The fourth-order valence-corrected chi connectivity index (χ4v) is 9.34. The van der Waals surface area contributed by atoms with E-state index in [0.717, 1.165) is 42.8 Å². The van der Waals surface area contributed by atoms with Gasteiger partial charge in [0.25, 0.3) is 5.91 Å². The summed E-state index contributed by atoms with van der Waals surface area (Å²) in [5, 5.41) is 2.64. The topological polar surface area (TPSA) is 114 Å². The zero-order valence-corrected chi connectivity index (χ0v) is 28.2. The maximum absolute atomic E-state index is 13.4. The summed E-state index contributed by atoms with van der Waals surface area (Å²) in [5.74, 6) is 0.322. The van der Waals surface area contributed by atoms with Crippen molar-refractivity contribution in [2.75, 3.05) is 38.3 Å². The van der Waals surface area contributed by atoms with E-state index >= 15 is 0 Å². The van der Waals surface area contributed by atoms with Gasteiger partial charge in [0.15, 0.2) is 0 Å². The number of aryl methyl sites for hydroxylation is 1. The molecular formula is C35H44ClN3O6S. The molecule has 2 aromatic rings. The first-order chi connectivity index (χ1) is 22.1. The first-order valence-corrected chi connectivity index (χ1v) is 18.4. The molecule has 6 rings (SSSR count). The molecule has 2 N–H and O–H groups in total. The maximum Gasteiger partial charge on any atom is 0.264 e. The molecule has 2 amide bonds. The SMILES string of the molecule is CC[C@@H]1CC/C=C\[C@H](OCC(=O)NC)[C@@H]2CC[C@H]2CN2C[C@@]3(CCCc4cc(Cl)ccc43)COc3ccc(cc32)C(=O)NS1(=O)=O. The van der Waals surface area contributed by atoms with Crippen LogP contribution in [0.15, 0.2) is 48.6 Å². The highest BCUT2D eigenvalue weighted by Crippen LogP contribution is 2.47. The van der Waals surface area contributed by atoms with Crippen LogP contribution in [0, 0.1) is 11.8 Å². The Morgan fingerprint density at radius 2 is 2.04 bits per heavy atom. The number of nitrogens with one attached hydrogen (secondary N) is 2. The summed E-state index contributed by atoms with van der Waals surface area (Å²) in [6, 6.07) is 11.4. The van der Waals surface area contributed by atoms with E-state index in [4.69, 9.17) is 21.1 Å². The summed E-state index contributed by atoms with van der Waals surface area (Å²) in [4.78, 5) is 27.9. The predicted molar refractivity (Wildman–Crippen MR) is 179 cm³/mol. The Kier molecular flexibility index (Phi) is 9.69. The van der Waals surface area contributed by atoms with Crippen LogP contribution in [0.3, 0.4) is 0 Å². The minimum absolute atomic E-state index is 0.0427. The number of carbonyl (C=O) groups excluding carboxylic acids is 2. The minimum Gasteiger partial charge on any atom is -0.490 e. The van der Waals surface area contributed by atoms with Gasteiger partial charge in [-0.1, -0.05) is 36.7 Å². The molecule has 1 saturated carbocycles. The van der Waals surface area contributed by atoms with Crippen molar-refractivity contribution in [2.24, 2.45) is 11.8 Å². The Balaban J connectivity index is 1.41. The molecule has 1 spiro atoms. The molecule has 0 aromatic heterocycles. The van der Waals surface area contributed by atoms with Crippen molar-refractivity contribution in [1.29, 1.82) is 0 Å². The van der Waals surface area contributed by atoms with Crippen LogP contribution in [0.1, 0.15) is 73.4 Å². The molecule has 2 bridgehead atoms. The molecule has 9 nitrogen and oxygen atoms in total. The minimum atomic E-state index is -3.92. The van der Waals surface area contributed by atoms with E-state index in [-0.39, 0.29) is 41.4 Å². The van der Waals surface area contributed by atoms with E-state index in [9.17, 15) is 18.0 Å². The van der Waals surface area contributed by atoms with Crippen molar-refractivity contribution in [3.8, 4) is 5.75 Å². The average molecular weight is 670 g/mol. The smallest absolute Gasteiger partial charge is 0.264 e. The predicted octanol–water partition coefficient (Wildman–Crippen LogP) is 5.16. The molecule has 4 aliphatic rings. The van der Waals surface area contributed by atoms with Crippen LogP contribution < -0.4 is 19.7 Å². The van der Waals surface area contributed by atoms with Gasteiger partial charge in [0.1, 0.15) is 12.4 Å². The van der Waals surface area contributed by atoms with Crippen LogP contribution in [0.25, 0.3) is 0 Å². The summed E-state index contributed by atoms with van der Waals surface area (Å²) < 4.78 is 41.8. The van der Waals surface area contributed by atoms with Gasteiger partial charge in [-0.05, 0) is 105 Å². The number of halogens is 1. The second kappa shape index (κ2) is 13.6. The molecule has 0 saturated heterocycles. The highest BCUT2D eigenvalue weighted by Gasteiger charge is 2.44. The number of allylic oxidation sites excluding steroid dienone is 1. The van der Waals surface area contributed by atoms with Crippen LogP contribution in [0.4, 0.5) is 5.69 Å². The Bertz CT molecular complexity index is 1610. The molecule has 248 valence electrons. The first kappa shape index (κ1) is 32.8. The number of anilines is 1. The van der Waals surface area contributed by atoms with Gasteiger partial charge in [-0.15, -0.1) is 0 Å². The number of sulfonamides is 1. The van der Waals surface area contributed by atoms with E-state index in [1.807, 2.05) is 25.1 Å². The third kappa shape index (κ3) is 6.66. The van der Waals surface area contributed by atoms with E-state index < -0.39 is 21.2 Å². The molecule has 2 aromatic carbocycles. The van der Waals surface area contributed by atoms with Crippen LogP contribution >= 0.6 is 11.6 Å². The number of fused-ring (bicyclic) bond motifs is 4. The van der Waals surface area contributed by atoms with Gasteiger partial charge < -0.3 is 19.7 Å². The zero-order chi connectivity index (χ0) is 32.5. The monoisotopic (exact) mass is 669 g/mol. The highest BCUT2D eigenvalue weighted by atomic mass is 35.5. The summed E-state index contributed by atoms with van der Waals surface area (Å²) in [6.07, 6.45) is 9.85. The van der Waals surface area contributed by atoms with Crippen LogP contribution in [-0.4, -0.2) is 64.9 Å². The van der Waals surface area contributed by atoms with Crippen LogP contribution in [0.2, 0.25) is 5.02 Å². The lowest BCUT2D eigenvalue weighted by Crippen LogP contribution is -2.50. The van der Waals surface area contributed by atoms with Crippen molar-refractivity contribution < 1.29 is 27.5 Å². The molecule has 11 heteroatoms. The van der Waals surface area contributed by atoms with Gasteiger partial charge in [0.05, 0.1) is 23.6 Å². The fraction of sp³-hybridized carbons (Fsp3) is 0.543. The lowest BCUT2D eigenvalue weighted by molar-refractivity contribution is -0.128. The van der Waals surface area contributed by atoms with Crippen molar-refractivity contribution in [2.45, 2.75) is 75.1 Å². The Hall–Kier alpha value is -3.08. The average Bonchev–Trinajstić information content (AvgIpc) is 3.17. The van der Waals surface area contributed by atoms with Crippen molar-refractivity contribution in [1.82, 2.24) is 10.0 Å². The third-order valence-electron chi connectivity index (χ3n) is 10.4. The molecule has 2 aliphatic heterocycles. The number of carbonyl (C=O) groups is 2. The number of nitrogens with zero attached hydrogens (tertiary/aromatic N) is 1. The molecule has 0 unspecified atom stereocenters. The Labute approximate surface area is 277 Å². The standard InChI is InChI=1S/C35H44ClN3O6S/c1-3-27-8-4-5-9-31(44-20-33(40)37-2)28-13-10-25(28)19-39-21-35(16-6-7-23-17-26(36)12-14-29(23)35)22-45-32-15-11-24(18-30(32)39)34(41)38-46(27,42)43/h5,9,11-12,14-15,17-18,25,27-28,31H,3-4,6-8,10,13,16,19-22H2,1-2H3,(H,37,40)(H,38,41)/b9-5-/t25-,27+,28+,31-,35-/m0/s1. The van der Waals surface area contributed by atoms with Gasteiger partial charge in [-0.2, -0.15) is 0 Å². The van der Waals surface area contributed by atoms with E-state index in [1.54, 1.807) is 25.2 Å². The van der Waals surface area contributed by atoms with Crippen LogP contribution in [0.5, 0.6) is 5.75 Å². The second-order valence-corrected chi connectivity index (χ2v) is 15.6. The molecule has 2 heterocycles. The molecule has 46 heavy (non-hydrogen) atoms. The van der Waals surface area contributed by atoms with E-state index in [0.29, 0.717) is 44.7 Å². The molecular weight excluding hydrogens is 626 g/mol. The van der Waals surface area contributed by atoms with Crippen molar-refractivity contribution in [3.63, 3.8) is 0 Å². The number of amides is 2. The highest BCUT2D eigenvalue weighted by molar-refractivity contribution is 7.90. The molecule has 5 atom stereocenters. The quantitative estimate of drug-likeness (QED) is 0.433. The third-order valence-corrected chi connectivity index (χ3v) is 12.6. The maximum atomic E-state index is 13.4.